The molecule has 1 amide bonds. The van der Waals surface area contributed by atoms with Gasteiger partial charge in [-0.15, -0.1) is 5.10 Å². The van der Waals surface area contributed by atoms with Crippen molar-refractivity contribution in [3.63, 3.8) is 0 Å². The van der Waals surface area contributed by atoms with E-state index in [0.717, 1.165) is 15.7 Å². The van der Waals surface area contributed by atoms with Crippen LogP contribution in [0.2, 0.25) is 0 Å². The Morgan fingerprint density at radius 3 is 2.77 bits per heavy atom. The van der Waals surface area contributed by atoms with Crippen molar-refractivity contribution in [1.82, 2.24) is 20.2 Å². The lowest BCUT2D eigenvalue weighted by atomic mass is 10.1. The van der Waals surface area contributed by atoms with Crippen molar-refractivity contribution in [1.29, 1.82) is 0 Å². The van der Waals surface area contributed by atoms with Gasteiger partial charge >= 0.3 is 0 Å². The van der Waals surface area contributed by atoms with Gasteiger partial charge in [-0.3, -0.25) is 4.79 Å². The third-order valence-electron chi connectivity index (χ3n) is 3.18. The van der Waals surface area contributed by atoms with Crippen LogP contribution in [0, 0.1) is 6.92 Å². The second-order valence-corrected chi connectivity index (χ2v) is 5.60. The van der Waals surface area contributed by atoms with E-state index < -0.39 is 0 Å². The molecule has 3 rings (SSSR count). The lowest BCUT2D eigenvalue weighted by Gasteiger charge is -2.11. The van der Waals surface area contributed by atoms with Gasteiger partial charge in [0.05, 0.1) is 11.3 Å². The smallest absolute Gasteiger partial charge is 0.257 e. The van der Waals surface area contributed by atoms with Gasteiger partial charge in [-0.05, 0) is 53.2 Å². The second-order valence-electron chi connectivity index (χ2n) is 4.68. The minimum atomic E-state index is -0.212. The topological polar surface area (TPSA) is 72.7 Å². The van der Waals surface area contributed by atoms with E-state index in [0.29, 0.717) is 11.3 Å². The molecule has 0 spiro atoms. The van der Waals surface area contributed by atoms with E-state index in [2.05, 4.69) is 36.8 Å². The molecule has 7 heteroatoms. The van der Waals surface area contributed by atoms with Crippen LogP contribution in [-0.4, -0.2) is 26.1 Å². The number of aryl methyl sites for hydroxylation is 1. The molecule has 2 aromatic carbocycles. The van der Waals surface area contributed by atoms with E-state index in [4.69, 9.17) is 0 Å². The van der Waals surface area contributed by atoms with Crippen LogP contribution in [0.5, 0.6) is 0 Å². The molecule has 1 heterocycles. The lowest BCUT2D eigenvalue weighted by molar-refractivity contribution is 0.102. The highest BCUT2D eigenvalue weighted by atomic mass is 79.9. The van der Waals surface area contributed by atoms with Crippen molar-refractivity contribution in [2.75, 3.05) is 5.32 Å². The van der Waals surface area contributed by atoms with Gasteiger partial charge in [0.25, 0.3) is 5.91 Å². The molecule has 0 aliphatic carbocycles. The molecule has 0 saturated heterocycles. The second kappa shape index (κ2) is 6.07. The van der Waals surface area contributed by atoms with Gasteiger partial charge < -0.3 is 5.32 Å². The summed E-state index contributed by atoms with van der Waals surface area (Å²) in [6.07, 6.45) is 1.46. The van der Waals surface area contributed by atoms with Crippen molar-refractivity contribution >= 4 is 27.5 Å². The summed E-state index contributed by atoms with van der Waals surface area (Å²) < 4.78 is 2.43. The minimum Gasteiger partial charge on any atom is -0.322 e. The van der Waals surface area contributed by atoms with Crippen LogP contribution in [0.15, 0.2) is 53.3 Å². The number of hydrogen-bond donors (Lipinski definition) is 1. The molecule has 1 aromatic heterocycles. The first-order valence-electron chi connectivity index (χ1n) is 6.55. The Labute approximate surface area is 135 Å². The summed E-state index contributed by atoms with van der Waals surface area (Å²) in [6.45, 7) is 1.94. The molecule has 0 radical (unpaired) electrons. The maximum atomic E-state index is 12.6. The average molecular weight is 358 g/mol. The van der Waals surface area contributed by atoms with Crippen LogP contribution < -0.4 is 5.32 Å². The van der Waals surface area contributed by atoms with Crippen LogP contribution in [0.3, 0.4) is 0 Å². The van der Waals surface area contributed by atoms with E-state index in [1.54, 1.807) is 18.2 Å². The standard InChI is InChI=1S/C15H12BrN5O/c1-10-8-11(16)6-7-13(10)18-15(22)12-4-2-3-5-14(12)21-9-17-19-20-21/h2-9H,1H3,(H,18,22). The number of rotatable bonds is 3. The average Bonchev–Trinajstić information content (AvgIpc) is 3.04. The number of benzene rings is 2. The molecule has 0 saturated carbocycles. The molecule has 6 nitrogen and oxygen atoms in total. The molecule has 110 valence electrons. The van der Waals surface area contributed by atoms with Gasteiger partial charge in [0.1, 0.15) is 6.33 Å². The number of anilines is 1. The molecule has 0 aliphatic heterocycles. The predicted octanol–water partition coefficient (Wildman–Crippen LogP) is 2.99. The largest absolute Gasteiger partial charge is 0.322 e. The van der Waals surface area contributed by atoms with Crippen LogP contribution in [0.4, 0.5) is 5.69 Å². The Balaban J connectivity index is 1.93. The fourth-order valence-electron chi connectivity index (χ4n) is 2.09. The number of aromatic nitrogens is 4. The van der Waals surface area contributed by atoms with E-state index in [9.17, 15) is 4.79 Å². The Morgan fingerprint density at radius 1 is 1.23 bits per heavy atom. The van der Waals surface area contributed by atoms with Crippen LogP contribution in [0.25, 0.3) is 5.69 Å². The Kier molecular flexibility index (Phi) is 3.97. The van der Waals surface area contributed by atoms with E-state index >= 15 is 0 Å². The maximum absolute atomic E-state index is 12.6. The zero-order chi connectivity index (χ0) is 15.5. The van der Waals surface area contributed by atoms with Crippen LogP contribution in [-0.2, 0) is 0 Å². The van der Waals surface area contributed by atoms with E-state index in [-0.39, 0.29) is 5.91 Å². The molecular weight excluding hydrogens is 346 g/mol. The summed E-state index contributed by atoms with van der Waals surface area (Å²) in [4.78, 5) is 12.6. The SMILES string of the molecule is Cc1cc(Br)ccc1NC(=O)c1ccccc1-n1cnnn1. The fraction of sp³-hybridized carbons (Fsp3) is 0.0667. The van der Waals surface area contributed by atoms with Crippen molar-refractivity contribution in [2.45, 2.75) is 6.92 Å². The normalized spacial score (nSPS) is 10.5. The minimum absolute atomic E-state index is 0.212. The lowest BCUT2D eigenvalue weighted by Crippen LogP contribution is -2.16. The Morgan fingerprint density at radius 2 is 2.05 bits per heavy atom. The summed E-state index contributed by atoms with van der Waals surface area (Å²) in [5, 5.41) is 14.0. The number of carbonyl (C=O) groups is 1. The molecule has 3 aromatic rings. The molecule has 0 fully saturated rings. The zero-order valence-corrected chi connectivity index (χ0v) is 13.3. The first-order chi connectivity index (χ1) is 10.6. The summed E-state index contributed by atoms with van der Waals surface area (Å²) in [6, 6.07) is 12.9. The fourth-order valence-corrected chi connectivity index (χ4v) is 2.57. The number of amides is 1. The molecule has 22 heavy (non-hydrogen) atoms. The van der Waals surface area contributed by atoms with E-state index in [1.807, 2.05) is 31.2 Å². The van der Waals surface area contributed by atoms with Crippen LogP contribution in [0.1, 0.15) is 15.9 Å². The van der Waals surface area contributed by atoms with Gasteiger partial charge in [0.15, 0.2) is 0 Å². The Hall–Kier alpha value is -2.54. The predicted molar refractivity (Wildman–Crippen MR) is 86.0 cm³/mol. The van der Waals surface area contributed by atoms with Gasteiger partial charge in [-0.1, -0.05) is 28.1 Å². The van der Waals surface area contributed by atoms with Gasteiger partial charge in [0.2, 0.25) is 0 Å². The van der Waals surface area contributed by atoms with Crippen molar-refractivity contribution < 1.29 is 4.79 Å². The quantitative estimate of drug-likeness (QED) is 0.781. The highest BCUT2D eigenvalue weighted by molar-refractivity contribution is 9.10. The molecule has 0 unspecified atom stereocenters. The summed E-state index contributed by atoms with van der Waals surface area (Å²) in [5.74, 6) is -0.212. The van der Waals surface area contributed by atoms with Crippen molar-refractivity contribution in [2.24, 2.45) is 0 Å². The number of carbonyl (C=O) groups excluding carboxylic acids is 1. The number of nitrogens with one attached hydrogen (secondary N) is 1. The first-order valence-corrected chi connectivity index (χ1v) is 7.34. The third kappa shape index (κ3) is 2.89. The monoisotopic (exact) mass is 357 g/mol. The third-order valence-corrected chi connectivity index (χ3v) is 3.67. The number of para-hydroxylation sites is 1. The number of halogens is 1. The molecule has 0 atom stereocenters. The van der Waals surface area contributed by atoms with Crippen molar-refractivity contribution in [3.05, 3.63) is 64.4 Å². The molecule has 1 N–H and O–H groups in total. The first kappa shape index (κ1) is 14.4. The van der Waals surface area contributed by atoms with E-state index in [1.165, 1.54) is 11.0 Å². The number of tetrazole rings is 1. The maximum Gasteiger partial charge on any atom is 0.257 e. The summed E-state index contributed by atoms with van der Waals surface area (Å²) in [7, 11) is 0. The van der Waals surface area contributed by atoms with Crippen LogP contribution >= 0.6 is 15.9 Å². The zero-order valence-electron chi connectivity index (χ0n) is 11.7. The Bertz CT molecular complexity index is 817. The van der Waals surface area contributed by atoms with Gasteiger partial charge in [-0.2, -0.15) is 4.68 Å². The highest BCUT2D eigenvalue weighted by Gasteiger charge is 2.14. The molecular formula is C15H12BrN5O. The highest BCUT2D eigenvalue weighted by Crippen LogP contribution is 2.21. The van der Waals surface area contributed by atoms with Gasteiger partial charge in [-0.25, -0.2) is 0 Å². The summed E-state index contributed by atoms with van der Waals surface area (Å²) in [5.41, 5.74) is 2.86. The van der Waals surface area contributed by atoms with Crippen molar-refractivity contribution in [3.8, 4) is 5.69 Å². The number of hydrogen-bond acceptors (Lipinski definition) is 4. The summed E-state index contributed by atoms with van der Waals surface area (Å²) >= 11 is 3.41. The molecule has 0 aliphatic rings. The molecule has 0 bridgehead atoms. The number of nitrogens with zero attached hydrogens (tertiary/aromatic N) is 4. The van der Waals surface area contributed by atoms with Gasteiger partial charge in [0, 0.05) is 10.2 Å².